The molecule has 0 aliphatic carbocycles. The average Bonchev–Trinajstić information content (AvgIpc) is 2.45. The summed E-state index contributed by atoms with van der Waals surface area (Å²) in [5, 5.41) is 19.6. The van der Waals surface area contributed by atoms with Gasteiger partial charge in [-0.05, 0) is 31.5 Å². The Hall–Kier alpha value is -1.97. The number of carboxylic acids is 1. The van der Waals surface area contributed by atoms with Gasteiger partial charge in [-0.25, -0.2) is 4.79 Å². The smallest absolute Gasteiger partial charge is 0.339 e. The number of aromatic nitrogens is 1. The van der Waals surface area contributed by atoms with Gasteiger partial charge >= 0.3 is 5.97 Å². The van der Waals surface area contributed by atoms with Gasteiger partial charge in [-0.1, -0.05) is 0 Å². The summed E-state index contributed by atoms with van der Waals surface area (Å²) in [5.41, 5.74) is 1.90. The monoisotopic (exact) mass is 205 g/mol. The zero-order valence-corrected chi connectivity index (χ0v) is 8.46. The first-order chi connectivity index (χ1) is 7.00. The van der Waals surface area contributed by atoms with E-state index in [1.807, 2.05) is 13.0 Å². The SMILES string of the molecule is Cc1cc2cc(C)c(C(=O)O)c(O)c2[nH]1. The number of carbonyl (C=O) groups is 1. The van der Waals surface area contributed by atoms with Crippen molar-refractivity contribution >= 4 is 16.9 Å². The Kier molecular flexibility index (Phi) is 1.93. The lowest BCUT2D eigenvalue weighted by molar-refractivity contribution is 0.0693. The highest BCUT2D eigenvalue weighted by Crippen LogP contribution is 2.31. The fourth-order valence-corrected chi connectivity index (χ4v) is 1.81. The summed E-state index contributed by atoms with van der Waals surface area (Å²) in [4.78, 5) is 13.9. The molecule has 0 unspecified atom stereocenters. The number of carboxylic acid groups (broad SMARTS) is 1. The summed E-state index contributed by atoms with van der Waals surface area (Å²) < 4.78 is 0. The van der Waals surface area contributed by atoms with Crippen LogP contribution in [0, 0.1) is 13.8 Å². The minimum Gasteiger partial charge on any atom is -0.505 e. The second kappa shape index (κ2) is 3.02. The molecule has 0 saturated heterocycles. The van der Waals surface area contributed by atoms with E-state index in [4.69, 9.17) is 5.11 Å². The van der Waals surface area contributed by atoms with Gasteiger partial charge in [-0.3, -0.25) is 0 Å². The van der Waals surface area contributed by atoms with Crippen molar-refractivity contribution in [3.8, 4) is 5.75 Å². The molecule has 0 atom stereocenters. The second-order valence-corrected chi connectivity index (χ2v) is 3.64. The van der Waals surface area contributed by atoms with Gasteiger partial charge in [0.25, 0.3) is 0 Å². The Morgan fingerprint density at radius 3 is 2.60 bits per heavy atom. The van der Waals surface area contributed by atoms with Crippen molar-refractivity contribution in [3.63, 3.8) is 0 Å². The van der Waals surface area contributed by atoms with Crippen LogP contribution < -0.4 is 0 Å². The quantitative estimate of drug-likeness (QED) is 0.668. The molecule has 4 nitrogen and oxygen atoms in total. The van der Waals surface area contributed by atoms with Crippen LogP contribution >= 0.6 is 0 Å². The molecule has 1 aromatic heterocycles. The van der Waals surface area contributed by atoms with Crippen LogP contribution in [0.25, 0.3) is 10.9 Å². The third-order valence-electron chi connectivity index (χ3n) is 2.44. The van der Waals surface area contributed by atoms with Gasteiger partial charge in [0.2, 0.25) is 0 Å². The van der Waals surface area contributed by atoms with Crippen molar-refractivity contribution in [3.05, 3.63) is 29.0 Å². The number of aromatic amines is 1. The first-order valence-electron chi connectivity index (χ1n) is 4.56. The van der Waals surface area contributed by atoms with Crippen LogP contribution in [0.1, 0.15) is 21.6 Å². The highest BCUT2D eigenvalue weighted by Gasteiger charge is 2.17. The van der Waals surface area contributed by atoms with E-state index < -0.39 is 5.97 Å². The first-order valence-corrected chi connectivity index (χ1v) is 4.56. The minimum atomic E-state index is -1.11. The Morgan fingerprint density at radius 2 is 2.00 bits per heavy atom. The highest BCUT2D eigenvalue weighted by atomic mass is 16.4. The summed E-state index contributed by atoms with van der Waals surface area (Å²) in [6.45, 7) is 3.53. The molecule has 0 aliphatic heterocycles. The maximum atomic E-state index is 10.9. The lowest BCUT2D eigenvalue weighted by Gasteiger charge is -2.04. The van der Waals surface area contributed by atoms with Crippen molar-refractivity contribution < 1.29 is 15.0 Å². The molecule has 0 fully saturated rings. The number of hydrogen-bond acceptors (Lipinski definition) is 2. The molecule has 3 N–H and O–H groups in total. The van der Waals surface area contributed by atoms with Gasteiger partial charge in [-0.15, -0.1) is 0 Å². The van der Waals surface area contributed by atoms with E-state index in [-0.39, 0.29) is 11.3 Å². The third kappa shape index (κ3) is 1.34. The normalized spacial score (nSPS) is 10.8. The minimum absolute atomic E-state index is 0.0376. The van der Waals surface area contributed by atoms with Crippen molar-refractivity contribution in [1.82, 2.24) is 4.98 Å². The van der Waals surface area contributed by atoms with Gasteiger partial charge in [0.1, 0.15) is 5.56 Å². The molecule has 0 spiro atoms. The molecule has 2 aromatic rings. The van der Waals surface area contributed by atoms with Crippen LogP contribution in [0.5, 0.6) is 5.75 Å². The van der Waals surface area contributed by atoms with E-state index in [2.05, 4.69) is 4.98 Å². The zero-order chi connectivity index (χ0) is 11.2. The summed E-state index contributed by atoms with van der Waals surface area (Å²) in [7, 11) is 0. The fraction of sp³-hybridized carbons (Fsp3) is 0.182. The largest absolute Gasteiger partial charge is 0.505 e. The van der Waals surface area contributed by atoms with E-state index in [9.17, 15) is 9.90 Å². The number of benzene rings is 1. The molecule has 0 radical (unpaired) electrons. The van der Waals surface area contributed by atoms with E-state index in [1.54, 1.807) is 13.0 Å². The van der Waals surface area contributed by atoms with E-state index in [0.29, 0.717) is 11.1 Å². The fourth-order valence-electron chi connectivity index (χ4n) is 1.81. The number of hydrogen-bond donors (Lipinski definition) is 3. The number of aryl methyl sites for hydroxylation is 2. The molecule has 1 aromatic carbocycles. The number of H-pyrrole nitrogens is 1. The van der Waals surface area contributed by atoms with E-state index >= 15 is 0 Å². The molecule has 0 saturated carbocycles. The van der Waals surface area contributed by atoms with E-state index in [0.717, 1.165) is 11.1 Å². The highest BCUT2D eigenvalue weighted by molar-refractivity contribution is 6.00. The molecular weight excluding hydrogens is 194 g/mol. The lowest BCUT2D eigenvalue weighted by Crippen LogP contribution is -2.00. The number of aromatic hydroxyl groups is 1. The molecule has 0 bridgehead atoms. The van der Waals surface area contributed by atoms with Crippen LogP contribution in [0.15, 0.2) is 12.1 Å². The molecule has 2 rings (SSSR count). The molecule has 4 heteroatoms. The second-order valence-electron chi connectivity index (χ2n) is 3.64. The summed E-state index contributed by atoms with van der Waals surface area (Å²) in [6.07, 6.45) is 0. The average molecular weight is 205 g/mol. The van der Waals surface area contributed by atoms with E-state index in [1.165, 1.54) is 0 Å². The lowest BCUT2D eigenvalue weighted by atomic mass is 10.0. The summed E-state index contributed by atoms with van der Waals surface area (Å²) in [5.74, 6) is -1.30. The zero-order valence-electron chi connectivity index (χ0n) is 8.46. The molecule has 0 amide bonds. The third-order valence-corrected chi connectivity index (χ3v) is 2.44. The van der Waals surface area contributed by atoms with Gasteiger partial charge in [0.15, 0.2) is 5.75 Å². The number of phenols is 1. The summed E-state index contributed by atoms with van der Waals surface area (Å²) in [6, 6.07) is 3.62. The van der Waals surface area contributed by atoms with Crippen LogP contribution in [-0.2, 0) is 0 Å². The Morgan fingerprint density at radius 1 is 1.33 bits per heavy atom. The van der Waals surface area contributed by atoms with Crippen LogP contribution in [0.2, 0.25) is 0 Å². The van der Waals surface area contributed by atoms with Gasteiger partial charge < -0.3 is 15.2 Å². The van der Waals surface area contributed by atoms with Crippen LogP contribution in [0.3, 0.4) is 0 Å². The topological polar surface area (TPSA) is 73.3 Å². The van der Waals surface area contributed by atoms with Gasteiger partial charge in [0, 0.05) is 11.1 Å². The van der Waals surface area contributed by atoms with Crippen molar-refractivity contribution in [2.45, 2.75) is 13.8 Å². The number of nitrogens with one attached hydrogen (secondary N) is 1. The maximum absolute atomic E-state index is 10.9. The Labute approximate surface area is 86.2 Å². The van der Waals surface area contributed by atoms with Crippen molar-refractivity contribution in [2.24, 2.45) is 0 Å². The number of fused-ring (bicyclic) bond motifs is 1. The molecular formula is C11H11NO3. The van der Waals surface area contributed by atoms with Crippen LogP contribution in [0.4, 0.5) is 0 Å². The molecule has 0 aliphatic rings. The predicted octanol–water partition coefficient (Wildman–Crippen LogP) is 2.19. The molecule has 15 heavy (non-hydrogen) atoms. The van der Waals surface area contributed by atoms with Crippen molar-refractivity contribution in [1.29, 1.82) is 0 Å². The standard InChI is InChI=1S/C11H11NO3/c1-5-3-7-4-6(2)12-9(7)10(13)8(5)11(14)15/h3-4,12-13H,1-2H3,(H,14,15). The maximum Gasteiger partial charge on any atom is 0.339 e. The van der Waals surface area contributed by atoms with Crippen molar-refractivity contribution in [2.75, 3.05) is 0 Å². The molecule has 78 valence electrons. The summed E-state index contributed by atoms with van der Waals surface area (Å²) >= 11 is 0. The number of aromatic carboxylic acids is 1. The Bertz CT molecular complexity index is 554. The number of rotatable bonds is 1. The first kappa shape index (κ1) is 9.58. The Balaban J connectivity index is 2.89. The van der Waals surface area contributed by atoms with Gasteiger partial charge in [0.05, 0.1) is 5.52 Å². The van der Waals surface area contributed by atoms with Crippen LogP contribution in [-0.4, -0.2) is 21.2 Å². The van der Waals surface area contributed by atoms with Gasteiger partial charge in [-0.2, -0.15) is 0 Å². The molecule has 1 heterocycles. The predicted molar refractivity (Wildman–Crippen MR) is 56.4 cm³/mol.